The third kappa shape index (κ3) is 3.37. The topological polar surface area (TPSA) is 64.0 Å². The largest absolute Gasteiger partial charge is 0.358 e. The highest BCUT2D eigenvalue weighted by atomic mass is 32.2. The fourth-order valence-electron chi connectivity index (χ4n) is 3.67. The van der Waals surface area contributed by atoms with Crippen molar-refractivity contribution in [2.75, 3.05) is 7.05 Å². The second kappa shape index (κ2) is 7.72. The van der Waals surface area contributed by atoms with Crippen LogP contribution in [0.25, 0.3) is 15.9 Å². The fourth-order valence-corrected chi connectivity index (χ4v) is 6.08. The first-order valence-electron chi connectivity index (χ1n) is 9.50. The summed E-state index contributed by atoms with van der Waals surface area (Å²) < 4.78 is 1.66. The van der Waals surface area contributed by atoms with Crippen LogP contribution in [0.3, 0.4) is 0 Å². The van der Waals surface area contributed by atoms with Gasteiger partial charge in [0.1, 0.15) is 4.83 Å². The van der Waals surface area contributed by atoms with E-state index in [1.165, 1.54) is 22.2 Å². The van der Waals surface area contributed by atoms with Crippen LogP contribution in [0.5, 0.6) is 0 Å². The monoisotopic (exact) mass is 413 g/mol. The number of hydrogen-bond acceptors (Lipinski definition) is 5. The van der Waals surface area contributed by atoms with Crippen molar-refractivity contribution in [1.29, 1.82) is 0 Å². The Labute approximate surface area is 172 Å². The Morgan fingerprint density at radius 3 is 2.82 bits per heavy atom. The average Bonchev–Trinajstić information content (AvgIpc) is 3.05. The molecule has 3 aromatic rings. The molecule has 1 aliphatic carbocycles. The summed E-state index contributed by atoms with van der Waals surface area (Å²) in [6.45, 7) is 4.09. The van der Waals surface area contributed by atoms with Crippen molar-refractivity contribution < 1.29 is 4.79 Å². The number of aryl methyl sites for hydroxylation is 1. The minimum atomic E-state index is -0.348. The molecule has 1 N–H and O–H groups in total. The van der Waals surface area contributed by atoms with E-state index in [2.05, 4.69) is 12.2 Å². The SMILES string of the molecule is CNC(=O)C(C)Sc1nc2sc3c(c2c(=O)n1-c1ccccc1)CCC(C)C3. The molecule has 2 heterocycles. The van der Waals surface area contributed by atoms with Crippen LogP contribution in [0.15, 0.2) is 40.3 Å². The third-order valence-electron chi connectivity index (χ3n) is 5.21. The van der Waals surface area contributed by atoms with Gasteiger partial charge in [0.25, 0.3) is 5.56 Å². The lowest BCUT2D eigenvalue weighted by Crippen LogP contribution is -2.29. The van der Waals surface area contributed by atoms with E-state index in [1.807, 2.05) is 37.3 Å². The summed E-state index contributed by atoms with van der Waals surface area (Å²) >= 11 is 2.96. The minimum absolute atomic E-state index is 0.0325. The highest BCUT2D eigenvalue weighted by molar-refractivity contribution is 8.00. The predicted octanol–water partition coefficient (Wildman–Crippen LogP) is 3.80. The van der Waals surface area contributed by atoms with Gasteiger partial charge in [0, 0.05) is 11.9 Å². The summed E-state index contributed by atoms with van der Waals surface area (Å²) in [4.78, 5) is 32.6. The van der Waals surface area contributed by atoms with Crippen molar-refractivity contribution in [3.63, 3.8) is 0 Å². The van der Waals surface area contributed by atoms with E-state index < -0.39 is 0 Å². The van der Waals surface area contributed by atoms with Crippen molar-refractivity contribution >= 4 is 39.2 Å². The number of nitrogens with zero attached hydrogens (tertiary/aromatic N) is 2. The van der Waals surface area contributed by atoms with E-state index in [9.17, 15) is 9.59 Å². The van der Waals surface area contributed by atoms with Gasteiger partial charge in [-0.05, 0) is 49.8 Å². The molecule has 0 radical (unpaired) electrons. The summed E-state index contributed by atoms with van der Waals surface area (Å²) in [7, 11) is 1.62. The van der Waals surface area contributed by atoms with Crippen molar-refractivity contribution in [3.05, 3.63) is 51.1 Å². The second-order valence-electron chi connectivity index (χ2n) is 7.28. The van der Waals surface area contributed by atoms with Crippen molar-refractivity contribution in [2.45, 2.75) is 43.5 Å². The zero-order valence-corrected chi connectivity index (χ0v) is 17.8. The Morgan fingerprint density at radius 2 is 2.11 bits per heavy atom. The number of carbonyl (C=O) groups excluding carboxylic acids is 1. The number of aromatic nitrogens is 2. The molecule has 7 heteroatoms. The molecular weight excluding hydrogens is 390 g/mol. The number of thioether (sulfide) groups is 1. The lowest BCUT2D eigenvalue weighted by molar-refractivity contribution is -0.119. The van der Waals surface area contributed by atoms with E-state index in [-0.39, 0.29) is 16.7 Å². The summed E-state index contributed by atoms with van der Waals surface area (Å²) in [5.74, 6) is 0.553. The van der Waals surface area contributed by atoms with Gasteiger partial charge in [-0.25, -0.2) is 4.98 Å². The molecule has 2 atom stereocenters. The highest BCUT2D eigenvalue weighted by Gasteiger charge is 2.26. The Bertz CT molecular complexity index is 1090. The molecule has 0 bridgehead atoms. The number of nitrogens with one attached hydrogen (secondary N) is 1. The molecule has 2 unspecified atom stereocenters. The first kappa shape index (κ1) is 19.2. The number of amides is 1. The molecule has 0 saturated heterocycles. The van der Waals surface area contributed by atoms with Crippen LogP contribution >= 0.6 is 23.1 Å². The maximum absolute atomic E-state index is 13.6. The molecule has 0 spiro atoms. The van der Waals surface area contributed by atoms with Gasteiger partial charge < -0.3 is 5.32 Å². The zero-order valence-electron chi connectivity index (χ0n) is 16.2. The summed E-state index contributed by atoms with van der Waals surface area (Å²) in [6.07, 6.45) is 3.05. The Hall–Kier alpha value is -2.12. The van der Waals surface area contributed by atoms with Crippen LogP contribution < -0.4 is 10.9 Å². The van der Waals surface area contributed by atoms with Gasteiger partial charge in [-0.15, -0.1) is 11.3 Å². The molecule has 1 amide bonds. The standard InChI is InChI=1S/C21H23N3O2S2/c1-12-9-10-15-16(11-12)28-19-17(15)20(26)24(14-7-5-4-6-8-14)21(23-19)27-13(2)18(25)22-3/h4-8,12-13H,9-11H2,1-3H3,(H,22,25). The smallest absolute Gasteiger partial charge is 0.267 e. The molecule has 0 saturated carbocycles. The van der Waals surface area contributed by atoms with Crippen LogP contribution in [0, 0.1) is 5.92 Å². The number of hydrogen-bond donors (Lipinski definition) is 1. The van der Waals surface area contributed by atoms with Crippen molar-refractivity contribution in [3.8, 4) is 5.69 Å². The Kier molecular flexibility index (Phi) is 5.29. The van der Waals surface area contributed by atoms with Crippen LogP contribution in [0.4, 0.5) is 0 Å². The summed E-state index contributed by atoms with van der Waals surface area (Å²) in [5, 5.41) is 3.64. The van der Waals surface area contributed by atoms with Crippen molar-refractivity contribution in [1.82, 2.24) is 14.9 Å². The Morgan fingerprint density at radius 1 is 1.36 bits per heavy atom. The molecule has 5 nitrogen and oxygen atoms in total. The maximum Gasteiger partial charge on any atom is 0.267 e. The lowest BCUT2D eigenvalue weighted by Gasteiger charge is -2.18. The maximum atomic E-state index is 13.6. The summed E-state index contributed by atoms with van der Waals surface area (Å²) in [5.41, 5.74) is 1.92. The molecule has 1 aliphatic rings. The first-order chi connectivity index (χ1) is 13.5. The van der Waals surface area contributed by atoms with Gasteiger partial charge in [-0.3, -0.25) is 14.2 Å². The van der Waals surface area contributed by atoms with E-state index in [4.69, 9.17) is 4.98 Å². The fraction of sp³-hybridized carbons (Fsp3) is 0.381. The van der Waals surface area contributed by atoms with Crippen LogP contribution in [0.1, 0.15) is 30.7 Å². The highest BCUT2D eigenvalue weighted by Crippen LogP contribution is 2.37. The first-order valence-corrected chi connectivity index (χ1v) is 11.2. The quantitative estimate of drug-likeness (QED) is 0.522. The molecule has 146 valence electrons. The van der Waals surface area contributed by atoms with Gasteiger partial charge in [0.15, 0.2) is 5.16 Å². The van der Waals surface area contributed by atoms with Crippen LogP contribution in [-0.4, -0.2) is 27.8 Å². The lowest BCUT2D eigenvalue weighted by atomic mass is 9.89. The molecule has 2 aromatic heterocycles. The van der Waals surface area contributed by atoms with Crippen molar-refractivity contribution in [2.24, 2.45) is 5.92 Å². The molecule has 0 aliphatic heterocycles. The number of fused-ring (bicyclic) bond motifs is 3. The van der Waals surface area contributed by atoms with Gasteiger partial charge in [-0.1, -0.05) is 36.9 Å². The third-order valence-corrected chi connectivity index (χ3v) is 7.41. The Balaban J connectivity index is 1.94. The number of para-hydroxylation sites is 1. The number of carbonyl (C=O) groups is 1. The van der Waals surface area contributed by atoms with Gasteiger partial charge >= 0.3 is 0 Å². The average molecular weight is 414 g/mol. The van der Waals surface area contributed by atoms with Gasteiger partial charge in [0.2, 0.25) is 5.91 Å². The molecule has 28 heavy (non-hydrogen) atoms. The second-order valence-corrected chi connectivity index (χ2v) is 9.67. The normalized spacial score (nSPS) is 17.3. The van der Waals surface area contributed by atoms with Gasteiger partial charge in [-0.2, -0.15) is 0 Å². The molecule has 0 fully saturated rings. The van der Waals surface area contributed by atoms with Crippen LogP contribution in [0.2, 0.25) is 0 Å². The van der Waals surface area contributed by atoms with Gasteiger partial charge in [0.05, 0.1) is 16.3 Å². The van der Waals surface area contributed by atoms with E-state index in [0.717, 1.165) is 35.2 Å². The molecule has 4 rings (SSSR count). The van der Waals surface area contributed by atoms with E-state index >= 15 is 0 Å². The van der Waals surface area contributed by atoms with Crippen LogP contribution in [-0.2, 0) is 17.6 Å². The predicted molar refractivity (Wildman–Crippen MR) is 116 cm³/mol. The molecular formula is C21H23N3O2S2. The van der Waals surface area contributed by atoms with E-state index in [1.54, 1.807) is 23.0 Å². The minimum Gasteiger partial charge on any atom is -0.358 e. The number of benzene rings is 1. The molecule has 1 aromatic carbocycles. The number of thiophene rings is 1. The number of rotatable bonds is 4. The van der Waals surface area contributed by atoms with E-state index in [0.29, 0.717) is 11.1 Å². The zero-order chi connectivity index (χ0) is 19.8. The summed E-state index contributed by atoms with van der Waals surface area (Å²) in [6, 6.07) is 9.56.